The van der Waals surface area contributed by atoms with E-state index in [-0.39, 0.29) is 35.8 Å². The molecule has 0 amide bonds. The Hall–Kier alpha value is -5.75. The van der Waals surface area contributed by atoms with Crippen molar-refractivity contribution in [3.05, 3.63) is 163 Å². The quantitative estimate of drug-likeness (QED) is 0.0620. The van der Waals surface area contributed by atoms with E-state index in [4.69, 9.17) is 32.7 Å². The predicted octanol–water partition coefficient (Wildman–Crippen LogP) is 10.7. The van der Waals surface area contributed by atoms with Crippen molar-refractivity contribution in [3.63, 3.8) is 0 Å². The number of rotatable bonds is 14. The number of nitrogens with zero attached hydrogens (tertiary/aromatic N) is 6. The molecule has 0 fully saturated rings. The van der Waals surface area contributed by atoms with Crippen molar-refractivity contribution in [3.8, 4) is 0 Å². The molecule has 1 atom stereocenters. The van der Waals surface area contributed by atoms with Crippen LogP contribution in [0.1, 0.15) is 85.6 Å². The summed E-state index contributed by atoms with van der Waals surface area (Å²) >= 11 is 11.3. The third-order valence-electron chi connectivity index (χ3n) is 10.5. The molecule has 1 N–H and O–H groups in total. The molecular weight excluding hydrogens is 1030 g/mol. The summed E-state index contributed by atoms with van der Waals surface area (Å²) in [6.45, 7) is 8.93. The number of benzene rings is 2. The SMILES string of the molecule is C.COCN(c1cc(C)cnc1C(=O)c1c(C)ccnc1C)S(=O)(=O)c1ccc(Cl)c(C(F)(F)F)c1.COCN(c1cc(C)cnc1C(O)c1c(C)ccnc1C)S(=O)(=O)c1ccc(Cl)c(C(F)(F)F)c1. The summed E-state index contributed by atoms with van der Waals surface area (Å²) in [6.07, 6.45) is -5.17. The van der Waals surface area contributed by atoms with Gasteiger partial charge < -0.3 is 14.6 Å². The number of carbonyl (C=O) groups excluding carboxylic acids is 1. The molecule has 4 aromatic heterocycles. The van der Waals surface area contributed by atoms with Gasteiger partial charge in [0.05, 0.1) is 48.0 Å². The zero-order valence-electron chi connectivity index (χ0n) is 38.4. The molecule has 71 heavy (non-hydrogen) atoms. The van der Waals surface area contributed by atoms with Crippen molar-refractivity contribution >= 4 is 60.4 Å². The highest BCUT2D eigenvalue weighted by molar-refractivity contribution is 7.93. The van der Waals surface area contributed by atoms with Crippen LogP contribution in [0.25, 0.3) is 0 Å². The van der Waals surface area contributed by atoms with Crippen LogP contribution >= 0.6 is 23.2 Å². The monoisotopic (exact) mass is 1070 g/mol. The Kier molecular flexibility index (Phi) is 18.5. The minimum atomic E-state index is -4.88. The van der Waals surface area contributed by atoms with E-state index in [0.717, 1.165) is 28.6 Å². The molecule has 2 aromatic carbocycles. The lowest BCUT2D eigenvalue weighted by molar-refractivity contribution is -0.138. The van der Waals surface area contributed by atoms with Crippen molar-refractivity contribution in [2.24, 2.45) is 0 Å². The van der Waals surface area contributed by atoms with Gasteiger partial charge in [0.25, 0.3) is 20.0 Å². The molecule has 6 rings (SSSR count). The molecule has 0 aliphatic heterocycles. The number of pyridine rings is 4. The lowest BCUT2D eigenvalue weighted by atomic mass is 9.98. The van der Waals surface area contributed by atoms with Crippen LogP contribution in [0.15, 0.2) is 95.2 Å². The Bertz CT molecular complexity index is 3120. The Morgan fingerprint density at radius 1 is 0.648 bits per heavy atom. The highest BCUT2D eigenvalue weighted by Crippen LogP contribution is 2.40. The largest absolute Gasteiger partial charge is 0.417 e. The molecular formula is C47H48Cl2F6N6O8S2. The van der Waals surface area contributed by atoms with E-state index in [1.54, 1.807) is 59.9 Å². The maximum atomic E-state index is 13.6. The van der Waals surface area contributed by atoms with Crippen LogP contribution < -0.4 is 8.61 Å². The molecule has 4 heterocycles. The average molecular weight is 1070 g/mol. The van der Waals surface area contributed by atoms with Crippen LogP contribution in [-0.4, -0.2) is 75.3 Å². The second-order valence-electron chi connectivity index (χ2n) is 15.6. The minimum absolute atomic E-state index is 0. The van der Waals surface area contributed by atoms with Crippen molar-refractivity contribution in [1.29, 1.82) is 0 Å². The fourth-order valence-electron chi connectivity index (χ4n) is 7.10. The number of aryl methyl sites for hydroxylation is 6. The highest BCUT2D eigenvalue weighted by Gasteiger charge is 2.39. The summed E-state index contributed by atoms with van der Waals surface area (Å²) in [6, 6.07) is 10.7. The molecule has 1 unspecified atom stereocenters. The number of aliphatic hydroxyl groups is 1. The number of ketones is 1. The smallest absolute Gasteiger partial charge is 0.382 e. The average Bonchev–Trinajstić information content (AvgIpc) is 3.26. The number of aliphatic hydroxyl groups excluding tert-OH is 1. The molecule has 0 spiro atoms. The Balaban J connectivity index is 0.000000304. The van der Waals surface area contributed by atoms with E-state index in [2.05, 4.69) is 19.9 Å². The third-order valence-corrected chi connectivity index (χ3v) is 14.6. The van der Waals surface area contributed by atoms with Gasteiger partial charge in [-0.1, -0.05) is 30.6 Å². The zero-order valence-corrected chi connectivity index (χ0v) is 41.5. The summed E-state index contributed by atoms with van der Waals surface area (Å²) in [4.78, 5) is 28.9. The zero-order chi connectivity index (χ0) is 52.3. The second kappa shape index (κ2) is 22.8. The standard InChI is InChI=1S/C23H23ClF3N3O4S.C23H21ClF3N3O4S.CH4/c2*1-13-9-19(21(29-11-13)22(31)20-14(2)7-8-28-15(20)3)30(12-34-4)35(32,33)16-5-6-18(24)17(10-16)23(25,26)27;/h5-11,22,31H,12H2,1-4H3;5-11H,12H2,1-4H3;1H4. The summed E-state index contributed by atoms with van der Waals surface area (Å²) in [5.41, 5.74) is 0.928. The van der Waals surface area contributed by atoms with Gasteiger partial charge in [0, 0.05) is 61.5 Å². The van der Waals surface area contributed by atoms with Gasteiger partial charge in [-0.3, -0.25) is 24.7 Å². The fraction of sp³-hybridized carbons (Fsp3) is 0.298. The Morgan fingerprint density at radius 3 is 1.54 bits per heavy atom. The highest BCUT2D eigenvalue weighted by atomic mass is 35.5. The van der Waals surface area contributed by atoms with Crippen molar-refractivity contribution in [2.75, 3.05) is 36.3 Å². The first-order valence-electron chi connectivity index (χ1n) is 20.3. The van der Waals surface area contributed by atoms with Crippen LogP contribution in [0.4, 0.5) is 37.7 Å². The van der Waals surface area contributed by atoms with E-state index >= 15 is 0 Å². The van der Waals surface area contributed by atoms with Gasteiger partial charge in [0.2, 0.25) is 5.78 Å². The molecule has 0 saturated carbocycles. The number of aromatic nitrogens is 4. The molecule has 24 heteroatoms. The van der Waals surface area contributed by atoms with Crippen LogP contribution in [-0.2, 0) is 41.9 Å². The number of carbonyl (C=O) groups is 1. The number of halogens is 8. The molecule has 0 aliphatic rings. The van der Waals surface area contributed by atoms with Crippen molar-refractivity contribution < 1.29 is 62.6 Å². The maximum absolute atomic E-state index is 13.6. The van der Waals surface area contributed by atoms with E-state index in [1.165, 1.54) is 44.9 Å². The minimum Gasteiger partial charge on any atom is -0.382 e. The lowest BCUT2D eigenvalue weighted by Gasteiger charge is -2.28. The van der Waals surface area contributed by atoms with Gasteiger partial charge in [-0.25, -0.2) is 25.4 Å². The second-order valence-corrected chi connectivity index (χ2v) is 20.1. The van der Waals surface area contributed by atoms with Gasteiger partial charge in [-0.2, -0.15) is 26.3 Å². The third kappa shape index (κ3) is 12.7. The number of ether oxygens (including phenoxy) is 2. The van der Waals surface area contributed by atoms with E-state index < -0.39 is 88.7 Å². The predicted molar refractivity (Wildman–Crippen MR) is 256 cm³/mol. The first-order valence-corrected chi connectivity index (χ1v) is 24.0. The van der Waals surface area contributed by atoms with Gasteiger partial charge in [-0.15, -0.1) is 0 Å². The van der Waals surface area contributed by atoms with Gasteiger partial charge in [-0.05, 0) is 124 Å². The molecule has 0 saturated heterocycles. The summed E-state index contributed by atoms with van der Waals surface area (Å²) in [5, 5.41) is 9.95. The van der Waals surface area contributed by atoms with E-state index in [0.29, 0.717) is 55.6 Å². The summed E-state index contributed by atoms with van der Waals surface area (Å²) in [7, 11) is -6.81. The molecule has 382 valence electrons. The number of hydrogen-bond acceptors (Lipinski definition) is 12. The lowest BCUT2D eigenvalue weighted by Crippen LogP contribution is -2.35. The van der Waals surface area contributed by atoms with Crippen LogP contribution in [0.3, 0.4) is 0 Å². The summed E-state index contributed by atoms with van der Waals surface area (Å²) in [5.74, 6) is -0.591. The summed E-state index contributed by atoms with van der Waals surface area (Å²) < 4.78 is 146. The molecule has 14 nitrogen and oxygen atoms in total. The number of hydrogen-bond donors (Lipinski definition) is 1. The normalized spacial score (nSPS) is 12.4. The van der Waals surface area contributed by atoms with Crippen molar-refractivity contribution in [2.45, 2.75) is 77.2 Å². The Labute approximate surface area is 417 Å². The molecule has 6 aromatic rings. The molecule has 0 radical (unpaired) electrons. The van der Waals surface area contributed by atoms with Crippen LogP contribution in [0.2, 0.25) is 10.0 Å². The van der Waals surface area contributed by atoms with Gasteiger partial charge >= 0.3 is 12.4 Å². The topological polar surface area (TPSA) is 182 Å². The van der Waals surface area contributed by atoms with Crippen LogP contribution in [0.5, 0.6) is 0 Å². The fourth-order valence-corrected chi connectivity index (χ4v) is 10.4. The molecule has 0 aliphatic carbocycles. The number of anilines is 2. The number of alkyl halides is 6. The van der Waals surface area contributed by atoms with Gasteiger partial charge in [0.15, 0.2) is 0 Å². The number of methoxy groups -OCH3 is 2. The van der Waals surface area contributed by atoms with Crippen LogP contribution in [0, 0.1) is 41.5 Å². The molecule has 0 bridgehead atoms. The Morgan fingerprint density at radius 2 is 1.08 bits per heavy atom. The first kappa shape index (κ1) is 57.8. The van der Waals surface area contributed by atoms with Gasteiger partial charge in [0.1, 0.15) is 25.3 Å². The first-order chi connectivity index (χ1) is 32.6. The number of sulfonamides is 2. The van der Waals surface area contributed by atoms with Crippen molar-refractivity contribution in [1.82, 2.24) is 19.9 Å². The maximum Gasteiger partial charge on any atom is 0.417 e. The van der Waals surface area contributed by atoms with E-state index in [9.17, 15) is 53.1 Å². The van der Waals surface area contributed by atoms with E-state index in [1.807, 2.05) is 0 Å².